The van der Waals surface area contributed by atoms with Crippen molar-refractivity contribution in [3.8, 4) is 22.5 Å². The first-order chi connectivity index (χ1) is 15.2. The van der Waals surface area contributed by atoms with Crippen molar-refractivity contribution in [2.24, 2.45) is 7.05 Å². The van der Waals surface area contributed by atoms with Crippen LogP contribution in [0.2, 0.25) is 0 Å². The molecule has 0 fully saturated rings. The Kier molecular flexibility index (Phi) is 5.50. The lowest BCUT2D eigenvalue weighted by molar-refractivity contribution is -0.671. The summed E-state index contributed by atoms with van der Waals surface area (Å²) < 4.78 is 43.9. The van der Waals surface area contributed by atoms with Gasteiger partial charge < -0.3 is 0 Å². The molecule has 0 aliphatic carbocycles. The Bertz CT molecular complexity index is 1320. The molecule has 0 spiro atoms. The fraction of sp³-hybridized carbons (Fsp3) is 0.200. The van der Waals surface area contributed by atoms with Gasteiger partial charge in [-0.05, 0) is 63.2 Å². The minimum absolute atomic E-state index is 0.195. The molecule has 4 aromatic rings. The molecule has 0 saturated carbocycles. The number of rotatable bonds is 4. The van der Waals surface area contributed by atoms with Crippen LogP contribution in [0.15, 0.2) is 60.7 Å². The van der Waals surface area contributed by atoms with Crippen LogP contribution in [0.25, 0.3) is 22.5 Å². The molecule has 32 heavy (non-hydrogen) atoms. The quantitative estimate of drug-likeness (QED) is 0.332. The van der Waals surface area contributed by atoms with Crippen LogP contribution in [-0.2, 0) is 12.5 Å². The third kappa shape index (κ3) is 3.86. The molecule has 0 bridgehead atoms. The van der Waals surface area contributed by atoms with Gasteiger partial charge >= 0.3 is 0 Å². The second-order valence-electron chi connectivity index (χ2n) is 8.15. The first kappa shape index (κ1) is 21.6. The van der Waals surface area contributed by atoms with Crippen LogP contribution in [0.5, 0.6) is 0 Å². The van der Waals surface area contributed by atoms with E-state index in [2.05, 4.69) is 9.97 Å². The molecule has 162 valence electrons. The number of hydrogen-bond acceptors (Lipinski definition) is 3. The Labute approximate surface area is 184 Å². The maximum absolute atomic E-state index is 14.4. The third-order valence-electron chi connectivity index (χ3n) is 5.62. The van der Waals surface area contributed by atoms with Crippen molar-refractivity contribution >= 4 is 0 Å². The van der Waals surface area contributed by atoms with Crippen molar-refractivity contribution in [1.29, 1.82) is 0 Å². The summed E-state index contributed by atoms with van der Waals surface area (Å²) in [5, 5.41) is 0. The molecule has 4 nitrogen and oxygen atoms in total. The first-order valence-electron chi connectivity index (χ1n) is 10.1. The zero-order valence-electron chi connectivity index (χ0n) is 18.2. The van der Waals surface area contributed by atoms with Gasteiger partial charge in [0.25, 0.3) is 0 Å². The highest BCUT2D eigenvalue weighted by molar-refractivity contribution is 5.59. The van der Waals surface area contributed by atoms with Gasteiger partial charge in [-0.3, -0.25) is 4.98 Å². The topological polar surface area (TPSA) is 42.5 Å². The molecule has 0 saturated heterocycles. The molecule has 0 aliphatic heterocycles. The highest BCUT2D eigenvalue weighted by Crippen LogP contribution is 2.31. The van der Waals surface area contributed by atoms with E-state index in [-0.39, 0.29) is 5.56 Å². The predicted octanol–water partition coefficient (Wildman–Crippen LogP) is 5.08. The van der Waals surface area contributed by atoms with E-state index < -0.39 is 23.3 Å². The predicted molar refractivity (Wildman–Crippen MR) is 115 cm³/mol. The van der Waals surface area contributed by atoms with Gasteiger partial charge in [0, 0.05) is 17.8 Å². The van der Waals surface area contributed by atoms with E-state index in [1.807, 2.05) is 49.7 Å². The highest BCUT2D eigenvalue weighted by atomic mass is 19.1. The largest absolute Gasteiger partial charge is 0.251 e. The number of hydrogen-bond donors (Lipinski definition) is 0. The Morgan fingerprint density at radius 3 is 2.16 bits per heavy atom. The second kappa shape index (κ2) is 8.15. The summed E-state index contributed by atoms with van der Waals surface area (Å²) in [5.41, 5.74) is 3.07. The molecule has 0 radical (unpaired) electrons. The molecule has 0 amide bonds. The summed E-state index contributed by atoms with van der Waals surface area (Å²) in [6.45, 7) is 5.70. The van der Waals surface area contributed by atoms with Gasteiger partial charge in [0.2, 0.25) is 23.5 Å². The van der Waals surface area contributed by atoms with Gasteiger partial charge in [-0.1, -0.05) is 6.07 Å². The molecule has 0 atom stereocenters. The Morgan fingerprint density at radius 2 is 1.44 bits per heavy atom. The van der Waals surface area contributed by atoms with Gasteiger partial charge in [-0.15, -0.1) is 0 Å². The number of aromatic nitrogens is 4. The first-order valence-corrected chi connectivity index (χ1v) is 10.1. The molecule has 7 heteroatoms. The Balaban J connectivity index is 1.81. The molecule has 4 heterocycles. The molecular weight excluding hydrogens is 413 g/mol. The molecule has 0 aliphatic rings. The number of aryl methyl sites for hydroxylation is 1. The lowest BCUT2D eigenvalue weighted by Crippen LogP contribution is -2.43. The maximum atomic E-state index is 14.4. The zero-order chi connectivity index (χ0) is 23.0. The molecule has 0 aromatic carbocycles. The molecule has 0 N–H and O–H groups in total. The standard InChI is InChI=1S/C25H22F3N4/c1-15-11-12-16(23(27)29-15)18-7-5-9-20(30-18)25(2,3)21-10-6-8-19(32(21)4)17-13-14-22(26)31-24(17)28/h5-14H,1-4H3/q+1. The van der Waals surface area contributed by atoms with Crippen LogP contribution in [-0.4, -0.2) is 15.0 Å². The van der Waals surface area contributed by atoms with Crippen molar-refractivity contribution in [3.63, 3.8) is 0 Å². The van der Waals surface area contributed by atoms with Gasteiger partial charge in [0.15, 0.2) is 5.69 Å². The van der Waals surface area contributed by atoms with Gasteiger partial charge in [0.05, 0.1) is 22.4 Å². The minimum atomic E-state index is -0.877. The van der Waals surface area contributed by atoms with Gasteiger partial charge in [-0.2, -0.15) is 22.7 Å². The smallest absolute Gasteiger partial charge is 0.229 e. The van der Waals surface area contributed by atoms with Crippen LogP contribution < -0.4 is 4.57 Å². The SMILES string of the molecule is Cc1ccc(-c2cccc(C(C)(C)c3cccc(-c4ccc(F)nc4F)[n+]3C)n2)c(F)n1. The summed E-state index contributed by atoms with van der Waals surface area (Å²) in [6.07, 6.45) is 0. The van der Waals surface area contributed by atoms with Crippen molar-refractivity contribution in [2.45, 2.75) is 26.2 Å². The molecule has 4 rings (SSSR count). The molecule has 4 aromatic heterocycles. The average Bonchev–Trinajstić information content (AvgIpc) is 2.74. The molecular formula is C25H22F3N4+. The fourth-order valence-corrected chi connectivity index (χ4v) is 3.87. The zero-order valence-corrected chi connectivity index (χ0v) is 18.2. The van der Waals surface area contributed by atoms with Crippen molar-refractivity contribution in [1.82, 2.24) is 15.0 Å². The van der Waals surface area contributed by atoms with E-state index in [4.69, 9.17) is 4.98 Å². The van der Waals surface area contributed by atoms with Crippen molar-refractivity contribution in [3.05, 3.63) is 95.6 Å². The third-order valence-corrected chi connectivity index (χ3v) is 5.62. The second-order valence-corrected chi connectivity index (χ2v) is 8.15. The number of pyridine rings is 4. The van der Waals surface area contributed by atoms with E-state index in [1.54, 1.807) is 31.2 Å². The summed E-state index contributed by atoms with van der Waals surface area (Å²) in [5.74, 6) is -2.32. The highest BCUT2D eigenvalue weighted by Gasteiger charge is 2.34. The van der Waals surface area contributed by atoms with Crippen LogP contribution in [0, 0.1) is 24.8 Å². The minimum Gasteiger partial charge on any atom is -0.251 e. The summed E-state index contributed by atoms with van der Waals surface area (Å²) >= 11 is 0. The normalized spacial score (nSPS) is 11.6. The van der Waals surface area contributed by atoms with Crippen LogP contribution in [0.1, 0.15) is 30.9 Å². The Hall–Kier alpha value is -3.61. The fourth-order valence-electron chi connectivity index (χ4n) is 3.87. The van der Waals surface area contributed by atoms with E-state index in [0.717, 1.165) is 11.8 Å². The summed E-state index contributed by atoms with van der Waals surface area (Å²) in [6, 6.07) is 16.8. The Morgan fingerprint density at radius 1 is 0.750 bits per heavy atom. The van der Waals surface area contributed by atoms with E-state index in [1.165, 1.54) is 6.07 Å². The van der Waals surface area contributed by atoms with Gasteiger partial charge in [-0.25, -0.2) is 4.98 Å². The van der Waals surface area contributed by atoms with Crippen molar-refractivity contribution in [2.75, 3.05) is 0 Å². The summed E-state index contributed by atoms with van der Waals surface area (Å²) in [7, 11) is 1.81. The number of nitrogens with zero attached hydrogens (tertiary/aromatic N) is 4. The lowest BCUT2D eigenvalue weighted by atomic mass is 9.83. The van der Waals surface area contributed by atoms with Crippen molar-refractivity contribution < 1.29 is 17.7 Å². The van der Waals surface area contributed by atoms with E-state index in [0.29, 0.717) is 28.3 Å². The van der Waals surface area contributed by atoms with Crippen LogP contribution >= 0.6 is 0 Å². The van der Waals surface area contributed by atoms with Crippen LogP contribution in [0.3, 0.4) is 0 Å². The van der Waals surface area contributed by atoms with E-state index >= 15 is 0 Å². The maximum Gasteiger partial charge on any atom is 0.229 e. The summed E-state index contributed by atoms with van der Waals surface area (Å²) in [4.78, 5) is 11.9. The monoisotopic (exact) mass is 435 g/mol. The average molecular weight is 435 g/mol. The number of halogens is 3. The van der Waals surface area contributed by atoms with Gasteiger partial charge in [0.1, 0.15) is 12.6 Å². The lowest BCUT2D eigenvalue weighted by Gasteiger charge is -2.23. The van der Waals surface area contributed by atoms with Crippen LogP contribution in [0.4, 0.5) is 13.2 Å². The molecule has 0 unspecified atom stereocenters. The van der Waals surface area contributed by atoms with E-state index in [9.17, 15) is 13.2 Å².